The zero-order valence-electron chi connectivity index (χ0n) is 9.83. The maximum Gasteiger partial charge on any atom is 0.166 e. The lowest BCUT2D eigenvalue weighted by atomic mass is 10.2. The maximum absolute atomic E-state index is 6.05. The molecule has 1 aromatic carbocycles. The first-order valence-corrected chi connectivity index (χ1v) is 7.66. The molecule has 5 heteroatoms. The highest BCUT2D eigenvalue weighted by atomic mass is 35.5. The van der Waals surface area contributed by atoms with Crippen LogP contribution in [0.1, 0.15) is 12.0 Å². The van der Waals surface area contributed by atoms with E-state index in [4.69, 9.17) is 23.8 Å². The number of rotatable bonds is 6. The lowest BCUT2D eigenvalue weighted by molar-refractivity contribution is 0.804. The molecule has 0 bridgehead atoms. The minimum atomic E-state index is 0.661. The van der Waals surface area contributed by atoms with Gasteiger partial charge in [0, 0.05) is 18.1 Å². The minimum absolute atomic E-state index is 0.661. The molecule has 17 heavy (non-hydrogen) atoms. The first kappa shape index (κ1) is 14.6. The van der Waals surface area contributed by atoms with Crippen molar-refractivity contribution in [2.24, 2.45) is 0 Å². The summed E-state index contributed by atoms with van der Waals surface area (Å²) < 4.78 is 0. The molecule has 0 unspecified atom stereocenters. The van der Waals surface area contributed by atoms with E-state index in [1.807, 2.05) is 36.0 Å². The SMILES string of the molecule is CSCCCNC(=S)NCc1ccccc1Cl. The summed E-state index contributed by atoms with van der Waals surface area (Å²) in [6.07, 6.45) is 3.23. The zero-order chi connectivity index (χ0) is 12.5. The Hall–Kier alpha value is -0.450. The van der Waals surface area contributed by atoms with E-state index in [2.05, 4.69) is 16.9 Å². The molecule has 0 aliphatic carbocycles. The Balaban J connectivity index is 2.22. The van der Waals surface area contributed by atoms with Gasteiger partial charge in [0.25, 0.3) is 0 Å². The first-order chi connectivity index (χ1) is 8.24. The number of hydrogen-bond donors (Lipinski definition) is 2. The Labute approximate surface area is 118 Å². The van der Waals surface area contributed by atoms with E-state index < -0.39 is 0 Å². The summed E-state index contributed by atoms with van der Waals surface area (Å²) in [4.78, 5) is 0. The van der Waals surface area contributed by atoms with Gasteiger partial charge >= 0.3 is 0 Å². The van der Waals surface area contributed by atoms with Crippen LogP contribution in [0.3, 0.4) is 0 Å². The van der Waals surface area contributed by atoms with Crippen LogP contribution in [-0.4, -0.2) is 23.7 Å². The maximum atomic E-state index is 6.05. The van der Waals surface area contributed by atoms with E-state index in [-0.39, 0.29) is 0 Å². The number of thiocarbonyl (C=S) groups is 1. The Morgan fingerprint density at radius 1 is 1.35 bits per heavy atom. The van der Waals surface area contributed by atoms with Crippen LogP contribution in [0.5, 0.6) is 0 Å². The summed E-state index contributed by atoms with van der Waals surface area (Å²) in [7, 11) is 0. The van der Waals surface area contributed by atoms with Crippen LogP contribution in [0.2, 0.25) is 5.02 Å². The summed E-state index contributed by atoms with van der Waals surface area (Å²) in [6.45, 7) is 1.57. The minimum Gasteiger partial charge on any atom is -0.363 e. The Bertz CT molecular complexity index is 358. The molecule has 2 N–H and O–H groups in total. The fourth-order valence-corrected chi connectivity index (χ4v) is 2.11. The number of benzene rings is 1. The van der Waals surface area contributed by atoms with Crippen molar-refractivity contribution >= 4 is 40.7 Å². The molecule has 0 heterocycles. The Morgan fingerprint density at radius 2 is 2.12 bits per heavy atom. The van der Waals surface area contributed by atoms with Crippen molar-refractivity contribution < 1.29 is 0 Å². The normalized spacial score (nSPS) is 10.0. The van der Waals surface area contributed by atoms with Gasteiger partial charge in [-0.15, -0.1) is 0 Å². The fourth-order valence-electron chi connectivity index (χ4n) is 1.30. The zero-order valence-corrected chi connectivity index (χ0v) is 12.2. The summed E-state index contributed by atoms with van der Waals surface area (Å²) in [5, 5.41) is 7.77. The van der Waals surface area contributed by atoms with E-state index in [0.717, 1.165) is 29.3 Å². The topological polar surface area (TPSA) is 24.1 Å². The third-order valence-corrected chi connectivity index (χ3v) is 3.56. The molecule has 2 nitrogen and oxygen atoms in total. The lowest BCUT2D eigenvalue weighted by Crippen LogP contribution is -2.35. The lowest BCUT2D eigenvalue weighted by Gasteiger charge is -2.10. The molecule has 0 spiro atoms. The van der Waals surface area contributed by atoms with Crippen molar-refractivity contribution in [3.05, 3.63) is 34.9 Å². The molecule has 0 fully saturated rings. The van der Waals surface area contributed by atoms with E-state index >= 15 is 0 Å². The van der Waals surface area contributed by atoms with Crippen molar-refractivity contribution in [2.75, 3.05) is 18.6 Å². The van der Waals surface area contributed by atoms with Gasteiger partial charge < -0.3 is 10.6 Å². The largest absolute Gasteiger partial charge is 0.363 e. The second-order valence-electron chi connectivity index (χ2n) is 3.55. The van der Waals surface area contributed by atoms with Crippen LogP contribution in [0.4, 0.5) is 0 Å². The van der Waals surface area contributed by atoms with Crippen LogP contribution in [0.25, 0.3) is 0 Å². The Kier molecular flexibility index (Phi) is 7.40. The molecule has 0 amide bonds. The van der Waals surface area contributed by atoms with Gasteiger partial charge in [-0.25, -0.2) is 0 Å². The molecule has 0 saturated heterocycles. The van der Waals surface area contributed by atoms with Gasteiger partial charge in [0.15, 0.2) is 5.11 Å². The highest BCUT2D eigenvalue weighted by molar-refractivity contribution is 7.98. The van der Waals surface area contributed by atoms with E-state index in [0.29, 0.717) is 11.7 Å². The van der Waals surface area contributed by atoms with Gasteiger partial charge in [0.2, 0.25) is 0 Å². The van der Waals surface area contributed by atoms with Crippen molar-refractivity contribution in [1.82, 2.24) is 10.6 Å². The molecule has 0 radical (unpaired) electrons. The summed E-state index contributed by atoms with van der Waals surface area (Å²) in [5.74, 6) is 1.15. The fraction of sp³-hybridized carbons (Fsp3) is 0.417. The first-order valence-electron chi connectivity index (χ1n) is 5.48. The third kappa shape index (κ3) is 6.15. The highest BCUT2D eigenvalue weighted by Gasteiger charge is 1.99. The number of nitrogens with one attached hydrogen (secondary N) is 2. The molecule has 0 atom stereocenters. The predicted octanol–water partition coefficient (Wildman–Crippen LogP) is 3.06. The van der Waals surface area contributed by atoms with E-state index in [9.17, 15) is 0 Å². The molecule has 1 aromatic rings. The smallest absolute Gasteiger partial charge is 0.166 e. The molecule has 0 saturated carbocycles. The van der Waals surface area contributed by atoms with Crippen LogP contribution >= 0.6 is 35.6 Å². The van der Waals surface area contributed by atoms with Crippen LogP contribution in [0, 0.1) is 0 Å². The average molecular weight is 289 g/mol. The molecule has 94 valence electrons. The standard InChI is InChI=1S/C12H17ClN2S2/c1-17-8-4-7-14-12(16)15-9-10-5-2-3-6-11(10)13/h2-3,5-6H,4,7-9H2,1H3,(H2,14,15,16). The predicted molar refractivity (Wildman–Crippen MR) is 81.9 cm³/mol. The molecule has 1 rings (SSSR count). The monoisotopic (exact) mass is 288 g/mol. The number of hydrogen-bond acceptors (Lipinski definition) is 2. The van der Waals surface area contributed by atoms with Crippen LogP contribution in [-0.2, 0) is 6.54 Å². The summed E-state index contributed by atoms with van der Waals surface area (Å²) in [5.41, 5.74) is 1.06. The van der Waals surface area contributed by atoms with Gasteiger partial charge in [-0.1, -0.05) is 29.8 Å². The highest BCUT2D eigenvalue weighted by Crippen LogP contribution is 2.14. The van der Waals surface area contributed by atoms with Gasteiger partial charge in [-0.2, -0.15) is 11.8 Å². The third-order valence-electron chi connectivity index (χ3n) is 2.21. The second-order valence-corrected chi connectivity index (χ2v) is 5.35. The van der Waals surface area contributed by atoms with Gasteiger partial charge in [-0.3, -0.25) is 0 Å². The van der Waals surface area contributed by atoms with E-state index in [1.54, 1.807) is 0 Å². The van der Waals surface area contributed by atoms with Gasteiger partial charge in [-0.05, 0) is 42.3 Å². The van der Waals surface area contributed by atoms with Crippen LogP contribution in [0.15, 0.2) is 24.3 Å². The number of thioether (sulfide) groups is 1. The quantitative estimate of drug-likeness (QED) is 0.621. The molecular formula is C12H17ClN2S2. The second kappa shape index (κ2) is 8.61. The summed E-state index contributed by atoms with van der Waals surface area (Å²) in [6, 6.07) is 7.77. The summed E-state index contributed by atoms with van der Waals surface area (Å²) >= 11 is 13.1. The molecular weight excluding hydrogens is 272 g/mol. The number of halogens is 1. The molecule has 0 aliphatic rings. The van der Waals surface area contributed by atoms with Crippen molar-refractivity contribution in [2.45, 2.75) is 13.0 Å². The molecule has 0 aliphatic heterocycles. The average Bonchev–Trinajstić information content (AvgIpc) is 2.34. The van der Waals surface area contributed by atoms with Crippen molar-refractivity contribution in [3.63, 3.8) is 0 Å². The van der Waals surface area contributed by atoms with Crippen LogP contribution < -0.4 is 10.6 Å². The van der Waals surface area contributed by atoms with E-state index in [1.165, 1.54) is 0 Å². The Morgan fingerprint density at radius 3 is 2.82 bits per heavy atom. The molecule has 0 aromatic heterocycles. The van der Waals surface area contributed by atoms with Crippen molar-refractivity contribution in [3.8, 4) is 0 Å². The van der Waals surface area contributed by atoms with Gasteiger partial charge in [0.05, 0.1) is 0 Å². The van der Waals surface area contributed by atoms with Gasteiger partial charge in [0.1, 0.15) is 0 Å². The van der Waals surface area contributed by atoms with Crippen molar-refractivity contribution in [1.29, 1.82) is 0 Å².